The van der Waals surface area contributed by atoms with Crippen molar-refractivity contribution in [2.24, 2.45) is 0 Å². The lowest BCUT2D eigenvalue weighted by molar-refractivity contribution is -0.112. The number of hydrogen-bond donors (Lipinski definition) is 2. The normalized spacial score (nSPS) is 11.0. The Labute approximate surface area is 175 Å². The number of hydrogen-bond acceptors (Lipinski definition) is 4. The fourth-order valence-electron chi connectivity index (χ4n) is 2.52. The molecule has 0 aliphatic heterocycles. The van der Waals surface area contributed by atoms with Crippen LogP contribution in [0.1, 0.15) is 16.1 Å². The summed E-state index contributed by atoms with van der Waals surface area (Å²) in [5, 5.41) is 21.9. The fourth-order valence-corrected chi connectivity index (χ4v) is 2.90. The van der Waals surface area contributed by atoms with E-state index in [1.165, 1.54) is 24.3 Å². The van der Waals surface area contributed by atoms with Crippen LogP contribution in [0.25, 0.3) is 17.4 Å². The Morgan fingerprint density at radius 2 is 1.86 bits per heavy atom. The van der Waals surface area contributed by atoms with E-state index in [4.69, 9.17) is 27.6 Å². The molecule has 0 saturated carbocycles. The summed E-state index contributed by atoms with van der Waals surface area (Å²) in [6, 6.07) is 15.8. The van der Waals surface area contributed by atoms with Crippen molar-refractivity contribution in [2.45, 2.75) is 0 Å². The molecule has 8 heteroatoms. The van der Waals surface area contributed by atoms with Crippen LogP contribution < -0.4 is 5.32 Å². The molecule has 2 N–H and O–H groups in total. The number of rotatable bonds is 5. The van der Waals surface area contributed by atoms with Crippen molar-refractivity contribution < 1.29 is 19.1 Å². The van der Waals surface area contributed by atoms with Gasteiger partial charge in [-0.1, -0.05) is 35.3 Å². The van der Waals surface area contributed by atoms with E-state index < -0.39 is 11.9 Å². The van der Waals surface area contributed by atoms with Crippen LogP contribution in [0.5, 0.6) is 0 Å². The molecule has 144 valence electrons. The first-order valence-corrected chi connectivity index (χ1v) is 8.95. The van der Waals surface area contributed by atoms with E-state index in [1.54, 1.807) is 42.5 Å². The monoisotopic (exact) mass is 426 g/mol. The van der Waals surface area contributed by atoms with E-state index in [-0.39, 0.29) is 22.6 Å². The predicted octanol–water partition coefficient (Wildman–Crippen LogP) is 5.50. The Balaban J connectivity index is 1.87. The highest BCUT2D eigenvalue weighted by molar-refractivity contribution is 6.35. The number of anilines is 1. The third-order valence-electron chi connectivity index (χ3n) is 3.88. The van der Waals surface area contributed by atoms with E-state index in [0.29, 0.717) is 21.4 Å². The maximum atomic E-state index is 12.4. The lowest BCUT2D eigenvalue weighted by Crippen LogP contribution is -2.16. The summed E-state index contributed by atoms with van der Waals surface area (Å²) in [6.45, 7) is 0. The minimum Gasteiger partial charge on any atom is -0.478 e. The van der Waals surface area contributed by atoms with Gasteiger partial charge in [0.25, 0.3) is 5.91 Å². The minimum atomic E-state index is -1.20. The highest BCUT2D eigenvalue weighted by atomic mass is 35.5. The molecule has 0 atom stereocenters. The van der Waals surface area contributed by atoms with Gasteiger partial charge >= 0.3 is 5.97 Å². The molecule has 0 saturated heterocycles. The summed E-state index contributed by atoms with van der Waals surface area (Å²) in [6.07, 6.45) is 1.25. The maximum Gasteiger partial charge on any atom is 0.337 e. The van der Waals surface area contributed by atoms with E-state index in [1.807, 2.05) is 0 Å². The second-order valence-corrected chi connectivity index (χ2v) is 6.64. The molecule has 1 heterocycles. The quantitative estimate of drug-likeness (QED) is 0.414. The summed E-state index contributed by atoms with van der Waals surface area (Å²) >= 11 is 12.1. The van der Waals surface area contributed by atoms with Crippen molar-refractivity contribution in [3.05, 3.63) is 81.5 Å². The first kappa shape index (κ1) is 20.2. The number of furan rings is 1. The van der Waals surface area contributed by atoms with Crippen LogP contribution in [0.2, 0.25) is 10.0 Å². The highest BCUT2D eigenvalue weighted by Crippen LogP contribution is 2.32. The van der Waals surface area contributed by atoms with Gasteiger partial charge in [-0.15, -0.1) is 0 Å². The zero-order valence-corrected chi connectivity index (χ0v) is 16.2. The van der Waals surface area contributed by atoms with Crippen LogP contribution in [0.3, 0.4) is 0 Å². The number of halogens is 2. The number of carboxylic acid groups (broad SMARTS) is 1. The number of nitriles is 1. The van der Waals surface area contributed by atoms with Crippen molar-refractivity contribution in [1.29, 1.82) is 5.26 Å². The van der Waals surface area contributed by atoms with Gasteiger partial charge in [-0.05, 0) is 42.5 Å². The zero-order valence-electron chi connectivity index (χ0n) is 14.6. The molecule has 29 heavy (non-hydrogen) atoms. The minimum absolute atomic E-state index is 0.0805. The number of carboxylic acids is 1. The van der Waals surface area contributed by atoms with Crippen molar-refractivity contribution >= 4 is 46.8 Å². The number of carbonyl (C=O) groups excluding carboxylic acids is 1. The van der Waals surface area contributed by atoms with Gasteiger partial charge < -0.3 is 14.8 Å². The third-order valence-corrected chi connectivity index (χ3v) is 4.44. The van der Waals surface area contributed by atoms with Crippen molar-refractivity contribution in [3.63, 3.8) is 0 Å². The Morgan fingerprint density at radius 3 is 2.59 bits per heavy atom. The molecule has 0 fully saturated rings. The predicted molar refractivity (Wildman–Crippen MR) is 110 cm³/mol. The number of benzene rings is 2. The van der Waals surface area contributed by atoms with Gasteiger partial charge in [0.05, 0.1) is 16.3 Å². The Hall–Kier alpha value is -3.53. The lowest BCUT2D eigenvalue weighted by Gasteiger charge is -2.07. The first-order valence-electron chi connectivity index (χ1n) is 8.20. The van der Waals surface area contributed by atoms with Crippen LogP contribution in [0.15, 0.2) is 64.6 Å². The number of para-hydroxylation sites is 1. The molecular formula is C21H12Cl2N2O4. The largest absolute Gasteiger partial charge is 0.478 e. The average Bonchev–Trinajstić information content (AvgIpc) is 3.16. The highest BCUT2D eigenvalue weighted by Gasteiger charge is 2.16. The molecule has 1 aromatic heterocycles. The maximum absolute atomic E-state index is 12.4. The summed E-state index contributed by atoms with van der Waals surface area (Å²) < 4.78 is 5.66. The Kier molecular flexibility index (Phi) is 6.03. The number of amides is 1. The fraction of sp³-hybridized carbons (Fsp3) is 0. The van der Waals surface area contributed by atoms with Crippen LogP contribution in [0, 0.1) is 11.3 Å². The standard InChI is InChI=1S/C21H12Cl2N2O4/c22-13-5-7-17(23)16(10-13)19-8-6-14(29-19)9-12(11-24)20(26)25-18-4-2-1-3-15(18)21(27)28/h1-10H,(H,25,26)(H,27,28). The Morgan fingerprint density at radius 1 is 1.10 bits per heavy atom. The van der Waals surface area contributed by atoms with Crippen molar-refractivity contribution in [3.8, 4) is 17.4 Å². The van der Waals surface area contributed by atoms with Gasteiger partial charge in [-0.2, -0.15) is 5.26 Å². The zero-order chi connectivity index (χ0) is 21.0. The second kappa shape index (κ2) is 8.65. The third kappa shape index (κ3) is 4.66. The summed E-state index contributed by atoms with van der Waals surface area (Å²) in [5.74, 6) is -1.30. The lowest BCUT2D eigenvalue weighted by atomic mass is 10.1. The Bertz CT molecular complexity index is 1180. The molecule has 0 aliphatic carbocycles. The smallest absolute Gasteiger partial charge is 0.337 e. The van der Waals surface area contributed by atoms with Crippen LogP contribution >= 0.6 is 23.2 Å². The SMILES string of the molecule is N#CC(=Cc1ccc(-c2cc(Cl)ccc2Cl)o1)C(=O)Nc1ccccc1C(=O)O. The van der Waals surface area contributed by atoms with Gasteiger partial charge in [-0.25, -0.2) is 4.79 Å². The summed E-state index contributed by atoms with van der Waals surface area (Å²) in [7, 11) is 0. The molecule has 3 aromatic rings. The van der Waals surface area contributed by atoms with Gasteiger partial charge in [-0.3, -0.25) is 4.79 Å². The van der Waals surface area contributed by atoms with E-state index >= 15 is 0 Å². The van der Waals surface area contributed by atoms with Gasteiger partial charge in [0.2, 0.25) is 0 Å². The molecule has 0 unspecified atom stereocenters. The van der Waals surface area contributed by atoms with Crippen molar-refractivity contribution in [1.82, 2.24) is 0 Å². The first-order chi connectivity index (χ1) is 13.9. The van der Waals surface area contributed by atoms with Crippen LogP contribution in [-0.4, -0.2) is 17.0 Å². The molecule has 0 radical (unpaired) electrons. The van der Waals surface area contributed by atoms with E-state index in [9.17, 15) is 20.0 Å². The molecule has 0 spiro atoms. The van der Waals surface area contributed by atoms with Crippen molar-refractivity contribution in [2.75, 3.05) is 5.32 Å². The van der Waals surface area contributed by atoms with Gasteiger partial charge in [0.1, 0.15) is 23.2 Å². The number of carbonyl (C=O) groups is 2. The molecular weight excluding hydrogens is 415 g/mol. The molecule has 0 bridgehead atoms. The number of nitrogens with one attached hydrogen (secondary N) is 1. The molecule has 3 rings (SSSR count). The average molecular weight is 427 g/mol. The topological polar surface area (TPSA) is 103 Å². The van der Waals surface area contributed by atoms with Gasteiger partial charge in [0.15, 0.2) is 0 Å². The molecule has 2 aromatic carbocycles. The number of aromatic carboxylic acids is 1. The molecule has 0 aliphatic rings. The van der Waals surface area contributed by atoms with Gasteiger partial charge in [0, 0.05) is 16.7 Å². The summed E-state index contributed by atoms with van der Waals surface area (Å²) in [5.41, 5.74) is 0.298. The molecule has 1 amide bonds. The summed E-state index contributed by atoms with van der Waals surface area (Å²) in [4.78, 5) is 23.7. The van der Waals surface area contributed by atoms with Crippen LogP contribution in [-0.2, 0) is 4.79 Å². The number of nitrogens with zero attached hydrogens (tertiary/aromatic N) is 1. The van der Waals surface area contributed by atoms with E-state index in [2.05, 4.69) is 5.32 Å². The van der Waals surface area contributed by atoms with Crippen LogP contribution in [0.4, 0.5) is 5.69 Å². The van der Waals surface area contributed by atoms with E-state index in [0.717, 1.165) is 0 Å². The molecule has 6 nitrogen and oxygen atoms in total. The second-order valence-electron chi connectivity index (χ2n) is 5.80.